The Morgan fingerprint density at radius 3 is 2.70 bits per heavy atom. The van der Waals surface area contributed by atoms with Gasteiger partial charge < -0.3 is 5.32 Å². The molecule has 0 spiro atoms. The second-order valence-electron chi connectivity index (χ2n) is 6.03. The second kappa shape index (κ2) is 6.54. The van der Waals surface area contributed by atoms with Gasteiger partial charge in [0, 0.05) is 18.7 Å². The van der Waals surface area contributed by atoms with Gasteiger partial charge in [-0.15, -0.1) is 0 Å². The number of hydrogen-bond acceptors (Lipinski definition) is 3. The van der Waals surface area contributed by atoms with E-state index in [1.54, 1.807) is 6.20 Å². The van der Waals surface area contributed by atoms with E-state index in [1.165, 1.54) is 11.1 Å². The van der Waals surface area contributed by atoms with Crippen LogP contribution in [0.3, 0.4) is 0 Å². The van der Waals surface area contributed by atoms with Crippen molar-refractivity contribution >= 4 is 11.7 Å². The molecule has 1 aromatic carbocycles. The first-order valence-corrected chi connectivity index (χ1v) is 8.28. The van der Waals surface area contributed by atoms with E-state index in [1.807, 2.05) is 24.6 Å². The number of rotatable bonds is 4. The van der Waals surface area contributed by atoms with Gasteiger partial charge in [-0.1, -0.05) is 31.2 Å². The molecule has 3 rings (SSSR count). The molecule has 0 radical (unpaired) electrons. The first-order valence-electron chi connectivity index (χ1n) is 8.28. The summed E-state index contributed by atoms with van der Waals surface area (Å²) < 4.78 is 1.83. The van der Waals surface area contributed by atoms with Gasteiger partial charge in [0.15, 0.2) is 0 Å². The number of carbonyl (C=O) groups excluding carboxylic acids is 1. The lowest BCUT2D eigenvalue weighted by molar-refractivity contribution is -0.121. The van der Waals surface area contributed by atoms with Gasteiger partial charge in [0.2, 0.25) is 5.91 Å². The minimum atomic E-state index is -0.130. The molecule has 2 aromatic rings. The maximum absolute atomic E-state index is 12.9. The summed E-state index contributed by atoms with van der Waals surface area (Å²) in [6, 6.07) is 8.27. The van der Waals surface area contributed by atoms with Gasteiger partial charge in [-0.25, -0.2) is 4.68 Å². The molecule has 1 aliphatic heterocycles. The van der Waals surface area contributed by atoms with Crippen molar-refractivity contribution in [3.63, 3.8) is 0 Å². The van der Waals surface area contributed by atoms with Crippen molar-refractivity contribution in [1.29, 1.82) is 0 Å². The Kier molecular flexibility index (Phi) is 4.48. The Hall–Kier alpha value is -2.14. The van der Waals surface area contributed by atoms with E-state index in [4.69, 9.17) is 0 Å². The van der Waals surface area contributed by atoms with Crippen LogP contribution in [0.1, 0.15) is 30.5 Å². The number of hydrogen-bond donors (Lipinski definition) is 1. The Bertz CT molecular complexity index is 707. The Morgan fingerprint density at radius 1 is 1.26 bits per heavy atom. The predicted octanol–water partition coefficient (Wildman–Crippen LogP) is 2.60. The summed E-state index contributed by atoms with van der Waals surface area (Å²) in [5.41, 5.74) is 3.60. The van der Waals surface area contributed by atoms with Crippen molar-refractivity contribution in [2.75, 3.05) is 11.9 Å². The van der Waals surface area contributed by atoms with Crippen LogP contribution < -0.4 is 5.32 Å². The molecular weight excluding hydrogens is 288 g/mol. The SMILES string of the molecule is CCN1Cc2ccccc2CC1C(=O)Nc1c(C)cnn1CC. The molecule has 23 heavy (non-hydrogen) atoms. The molecule has 0 bridgehead atoms. The minimum Gasteiger partial charge on any atom is -0.309 e. The van der Waals surface area contributed by atoms with Crippen LogP contribution in [0.5, 0.6) is 0 Å². The average molecular weight is 312 g/mol. The normalized spacial score (nSPS) is 17.8. The lowest BCUT2D eigenvalue weighted by Gasteiger charge is -2.35. The van der Waals surface area contributed by atoms with E-state index in [0.717, 1.165) is 37.4 Å². The van der Waals surface area contributed by atoms with Crippen LogP contribution in [-0.2, 0) is 24.3 Å². The molecule has 1 aromatic heterocycles. The van der Waals surface area contributed by atoms with Crippen molar-refractivity contribution in [3.05, 3.63) is 47.2 Å². The summed E-state index contributed by atoms with van der Waals surface area (Å²) in [5, 5.41) is 7.39. The zero-order chi connectivity index (χ0) is 16.4. The number of nitrogens with one attached hydrogen (secondary N) is 1. The lowest BCUT2D eigenvalue weighted by Crippen LogP contribution is -2.48. The number of fused-ring (bicyclic) bond motifs is 1. The first-order chi connectivity index (χ1) is 11.1. The van der Waals surface area contributed by atoms with Gasteiger partial charge >= 0.3 is 0 Å². The number of anilines is 1. The lowest BCUT2D eigenvalue weighted by atomic mass is 9.93. The summed E-state index contributed by atoms with van der Waals surface area (Å²) in [6.45, 7) is 8.54. The van der Waals surface area contributed by atoms with Crippen molar-refractivity contribution in [2.24, 2.45) is 0 Å². The third kappa shape index (κ3) is 3.01. The third-order valence-electron chi connectivity index (χ3n) is 4.62. The highest BCUT2D eigenvalue weighted by Crippen LogP contribution is 2.24. The first kappa shape index (κ1) is 15.7. The zero-order valence-electron chi connectivity index (χ0n) is 14.0. The van der Waals surface area contributed by atoms with E-state index in [2.05, 4.69) is 40.4 Å². The Labute approximate surface area is 137 Å². The second-order valence-corrected chi connectivity index (χ2v) is 6.03. The maximum Gasteiger partial charge on any atom is 0.243 e. The largest absolute Gasteiger partial charge is 0.309 e. The molecule has 122 valence electrons. The minimum absolute atomic E-state index is 0.0552. The van der Waals surface area contributed by atoms with Crippen LogP contribution in [0.4, 0.5) is 5.82 Å². The zero-order valence-corrected chi connectivity index (χ0v) is 14.0. The van der Waals surface area contributed by atoms with E-state index in [9.17, 15) is 4.79 Å². The number of aryl methyl sites for hydroxylation is 2. The molecule has 0 fully saturated rings. The van der Waals surface area contributed by atoms with Gasteiger partial charge in [0.05, 0.1) is 12.2 Å². The van der Waals surface area contributed by atoms with E-state index < -0.39 is 0 Å². The molecule has 0 saturated heterocycles. The average Bonchev–Trinajstić information content (AvgIpc) is 2.93. The number of carbonyl (C=O) groups is 1. The van der Waals surface area contributed by atoms with Gasteiger partial charge in [-0.05, 0) is 37.9 Å². The molecule has 1 amide bonds. The summed E-state index contributed by atoms with van der Waals surface area (Å²) in [5.74, 6) is 0.868. The van der Waals surface area contributed by atoms with Crippen LogP contribution in [0.2, 0.25) is 0 Å². The molecule has 1 N–H and O–H groups in total. The Balaban J connectivity index is 1.82. The molecule has 0 aliphatic carbocycles. The highest BCUT2D eigenvalue weighted by Gasteiger charge is 2.31. The maximum atomic E-state index is 12.9. The molecule has 1 unspecified atom stereocenters. The smallest absolute Gasteiger partial charge is 0.243 e. The van der Waals surface area contributed by atoms with Crippen LogP contribution in [0.15, 0.2) is 30.5 Å². The van der Waals surface area contributed by atoms with Crippen molar-refractivity contribution in [2.45, 2.75) is 46.3 Å². The summed E-state index contributed by atoms with van der Waals surface area (Å²) in [7, 11) is 0. The summed E-state index contributed by atoms with van der Waals surface area (Å²) in [4.78, 5) is 15.1. The fraction of sp³-hybridized carbons (Fsp3) is 0.444. The molecule has 2 heterocycles. The summed E-state index contributed by atoms with van der Waals surface area (Å²) >= 11 is 0. The van der Waals surface area contributed by atoms with Crippen molar-refractivity contribution < 1.29 is 4.79 Å². The number of aromatic nitrogens is 2. The number of likely N-dealkylation sites (N-methyl/N-ethyl adjacent to an activating group) is 1. The van der Waals surface area contributed by atoms with Crippen molar-refractivity contribution in [1.82, 2.24) is 14.7 Å². The van der Waals surface area contributed by atoms with Gasteiger partial charge in [0.25, 0.3) is 0 Å². The van der Waals surface area contributed by atoms with Crippen LogP contribution >= 0.6 is 0 Å². The predicted molar refractivity (Wildman–Crippen MR) is 91.3 cm³/mol. The van der Waals surface area contributed by atoms with Crippen molar-refractivity contribution in [3.8, 4) is 0 Å². The molecule has 5 heteroatoms. The topological polar surface area (TPSA) is 50.2 Å². The molecular formula is C18H24N4O. The monoisotopic (exact) mass is 312 g/mol. The van der Waals surface area contributed by atoms with Crippen LogP contribution in [0.25, 0.3) is 0 Å². The highest BCUT2D eigenvalue weighted by atomic mass is 16.2. The fourth-order valence-electron chi connectivity index (χ4n) is 3.25. The highest BCUT2D eigenvalue weighted by molar-refractivity contribution is 5.95. The van der Waals surface area contributed by atoms with E-state index in [0.29, 0.717) is 0 Å². The van der Waals surface area contributed by atoms with Gasteiger partial charge in [-0.3, -0.25) is 9.69 Å². The fourth-order valence-corrected chi connectivity index (χ4v) is 3.25. The van der Waals surface area contributed by atoms with Crippen LogP contribution in [0, 0.1) is 6.92 Å². The third-order valence-corrected chi connectivity index (χ3v) is 4.62. The number of amides is 1. The van der Waals surface area contributed by atoms with Crippen LogP contribution in [-0.4, -0.2) is 33.2 Å². The number of nitrogens with zero attached hydrogens (tertiary/aromatic N) is 3. The standard InChI is InChI=1S/C18H24N4O/c1-4-21-12-15-9-7-6-8-14(15)10-16(21)18(23)20-17-13(3)11-19-22(17)5-2/h6-9,11,16H,4-5,10,12H2,1-3H3,(H,20,23). The molecule has 5 nitrogen and oxygen atoms in total. The van der Waals surface area contributed by atoms with E-state index >= 15 is 0 Å². The Morgan fingerprint density at radius 2 is 2.00 bits per heavy atom. The van der Waals surface area contributed by atoms with Gasteiger partial charge in [0.1, 0.15) is 5.82 Å². The molecule has 1 aliphatic rings. The molecule has 1 atom stereocenters. The van der Waals surface area contributed by atoms with Gasteiger partial charge in [-0.2, -0.15) is 5.10 Å². The number of benzene rings is 1. The molecule has 0 saturated carbocycles. The van der Waals surface area contributed by atoms with E-state index in [-0.39, 0.29) is 11.9 Å². The summed E-state index contributed by atoms with van der Waals surface area (Å²) in [6.07, 6.45) is 2.56. The quantitative estimate of drug-likeness (QED) is 0.944.